The van der Waals surface area contributed by atoms with Crippen molar-refractivity contribution in [1.29, 1.82) is 5.26 Å². The summed E-state index contributed by atoms with van der Waals surface area (Å²) in [6, 6.07) is 13.9. The van der Waals surface area contributed by atoms with Crippen molar-refractivity contribution in [2.45, 2.75) is 19.0 Å². The van der Waals surface area contributed by atoms with E-state index in [9.17, 15) is 14.0 Å². The highest BCUT2D eigenvalue weighted by Crippen LogP contribution is 2.31. The lowest BCUT2D eigenvalue weighted by molar-refractivity contribution is -0.131. The van der Waals surface area contributed by atoms with Gasteiger partial charge in [0.25, 0.3) is 5.91 Å². The molecular formula is C18H14FN3O2. The molecule has 1 aliphatic heterocycles. The molecule has 5 nitrogen and oxygen atoms in total. The molecule has 1 aliphatic rings. The molecule has 1 N–H and O–H groups in total. The van der Waals surface area contributed by atoms with Gasteiger partial charge in [0.05, 0.1) is 18.2 Å². The molecule has 24 heavy (non-hydrogen) atoms. The van der Waals surface area contributed by atoms with E-state index in [2.05, 4.69) is 5.32 Å². The molecule has 6 heteroatoms. The molecule has 0 aromatic heterocycles. The standard InChI is InChI=1S/C18H14FN3O2/c1-18(14-7-2-3-8-15(14)19)16(23)22(17(24)21-18)11-13-6-4-5-12(9-13)10-20/h2-9H,11H2,1H3,(H,21,24)/t18-/m1/s1. The van der Waals surface area contributed by atoms with E-state index in [-0.39, 0.29) is 12.1 Å². The summed E-state index contributed by atoms with van der Waals surface area (Å²) in [4.78, 5) is 26.0. The SMILES string of the molecule is C[C@]1(c2ccccc2F)NC(=O)N(Cc2cccc(C#N)c2)C1=O. The summed E-state index contributed by atoms with van der Waals surface area (Å²) in [6.45, 7) is 1.50. The first-order valence-electron chi connectivity index (χ1n) is 7.34. The van der Waals surface area contributed by atoms with Gasteiger partial charge in [-0.05, 0) is 30.7 Å². The van der Waals surface area contributed by atoms with Gasteiger partial charge in [-0.15, -0.1) is 0 Å². The lowest BCUT2D eigenvalue weighted by Gasteiger charge is -2.22. The lowest BCUT2D eigenvalue weighted by atomic mass is 9.91. The molecule has 1 fully saturated rings. The molecule has 1 saturated heterocycles. The second-order valence-electron chi connectivity index (χ2n) is 5.74. The Kier molecular flexibility index (Phi) is 3.78. The largest absolute Gasteiger partial charge is 0.325 e. The van der Waals surface area contributed by atoms with Gasteiger partial charge < -0.3 is 5.32 Å². The number of benzene rings is 2. The summed E-state index contributed by atoms with van der Waals surface area (Å²) in [5, 5.41) is 11.5. The van der Waals surface area contributed by atoms with Crippen LogP contribution in [0.1, 0.15) is 23.6 Å². The summed E-state index contributed by atoms with van der Waals surface area (Å²) in [6.07, 6.45) is 0. The number of amides is 3. The first-order chi connectivity index (χ1) is 11.5. The highest BCUT2D eigenvalue weighted by atomic mass is 19.1. The van der Waals surface area contributed by atoms with Gasteiger partial charge >= 0.3 is 6.03 Å². The molecule has 3 rings (SSSR count). The van der Waals surface area contributed by atoms with Crippen LogP contribution in [0.4, 0.5) is 9.18 Å². The second-order valence-corrected chi connectivity index (χ2v) is 5.74. The van der Waals surface area contributed by atoms with E-state index in [1.165, 1.54) is 25.1 Å². The van der Waals surface area contributed by atoms with Crippen LogP contribution in [0.2, 0.25) is 0 Å². The minimum Gasteiger partial charge on any atom is -0.319 e. The van der Waals surface area contributed by atoms with Crippen molar-refractivity contribution >= 4 is 11.9 Å². The van der Waals surface area contributed by atoms with Gasteiger partial charge in [0.1, 0.15) is 11.4 Å². The third-order valence-corrected chi connectivity index (χ3v) is 4.08. The van der Waals surface area contributed by atoms with Gasteiger partial charge in [-0.3, -0.25) is 9.69 Å². The number of imide groups is 1. The minimum absolute atomic E-state index is 0.0181. The molecule has 0 unspecified atom stereocenters. The second kappa shape index (κ2) is 5.78. The third kappa shape index (κ3) is 2.50. The Labute approximate surface area is 138 Å². The Morgan fingerprint density at radius 2 is 1.96 bits per heavy atom. The topological polar surface area (TPSA) is 73.2 Å². The first-order valence-corrected chi connectivity index (χ1v) is 7.34. The Balaban J connectivity index is 1.92. The van der Waals surface area contributed by atoms with E-state index in [1.54, 1.807) is 30.3 Å². The fourth-order valence-corrected chi connectivity index (χ4v) is 2.81. The monoisotopic (exact) mass is 323 g/mol. The summed E-state index contributed by atoms with van der Waals surface area (Å²) in [5.41, 5.74) is -0.238. The number of halogens is 1. The van der Waals surface area contributed by atoms with Crippen molar-refractivity contribution in [1.82, 2.24) is 10.2 Å². The van der Waals surface area contributed by atoms with Crippen LogP contribution in [0.15, 0.2) is 48.5 Å². The van der Waals surface area contributed by atoms with Crippen LogP contribution in [-0.2, 0) is 16.9 Å². The molecule has 0 spiro atoms. The fraction of sp³-hybridized carbons (Fsp3) is 0.167. The van der Waals surface area contributed by atoms with E-state index in [0.29, 0.717) is 11.1 Å². The maximum atomic E-state index is 14.1. The van der Waals surface area contributed by atoms with E-state index >= 15 is 0 Å². The van der Waals surface area contributed by atoms with Gasteiger partial charge in [-0.2, -0.15) is 5.26 Å². The Morgan fingerprint density at radius 1 is 1.21 bits per heavy atom. The van der Waals surface area contributed by atoms with Crippen LogP contribution in [0.3, 0.4) is 0 Å². The zero-order valence-corrected chi connectivity index (χ0v) is 12.9. The normalized spacial score (nSPS) is 20.0. The summed E-state index contributed by atoms with van der Waals surface area (Å²) in [7, 11) is 0. The number of nitriles is 1. The molecule has 2 aromatic rings. The number of urea groups is 1. The molecular weight excluding hydrogens is 309 g/mol. The Morgan fingerprint density at radius 3 is 2.67 bits per heavy atom. The summed E-state index contributed by atoms with van der Waals surface area (Å²) < 4.78 is 14.1. The number of nitrogens with zero attached hydrogens (tertiary/aromatic N) is 2. The number of carbonyl (C=O) groups excluding carboxylic acids is 2. The van der Waals surface area contributed by atoms with Gasteiger partial charge in [-0.25, -0.2) is 9.18 Å². The fourth-order valence-electron chi connectivity index (χ4n) is 2.81. The molecule has 1 atom stereocenters. The van der Waals surface area contributed by atoms with Crippen LogP contribution in [-0.4, -0.2) is 16.8 Å². The zero-order chi connectivity index (χ0) is 17.3. The van der Waals surface area contributed by atoms with Crippen molar-refractivity contribution in [3.05, 3.63) is 71.0 Å². The molecule has 0 radical (unpaired) electrons. The number of carbonyl (C=O) groups is 2. The molecule has 0 saturated carbocycles. The van der Waals surface area contributed by atoms with E-state index in [1.807, 2.05) is 6.07 Å². The van der Waals surface area contributed by atoms with Gasteiger partial charge in [-0.1, -0.05) is 30.3 Å². The smallest absolute Gasteiger partial charge is 0.319 e. The predicted octanol–water partition coefficient (Wildman–Crippen LogP) is 2.66. The average Bonchev–Trinajstić information content (AvgIpc) is 2.79. The maximum Gasteiger partial charge on any atom is 0.325 e. The Bertz CT molecular complexity index is 875. The van der Waals surface area contributed by atoms with E-state index in [0.717, 1.165) is 4.90 Å². The van der Waals surface area contributed by atoms with Crippen molar-refractivity contribution in [3.63, 3.8) is 0 Å². The molecule has 0 aliphatic carbocycles. The number of hydrogen-bond acceptors (Lipinski definition) is 3. The highest BCUT2D eigenvalue weighted by molar-refractivity contribution is 6.07. The zero-order valence-electron chi connectivity index (χ0n) is 12.9. The average molecular weight is 323 g/mol. The molecule has 1 heterocycles. The lowest BCUT2D eigenvalue weighted by Crippen LogP contribution is -2.41. The molecule has 120 valence electrons. The molecule has 3 amide bonds. The Hall–Kier alpha value is -3.20. The van der Waals surface area contributed by atoms with Gasteiger partial charge in [0.2, 0.25) is 0 Å². The van der Waals surface area contributed by atoms with Crippen molar-refractivity contribution < 1.29 is 14.0 Å². The van der Waals surface area contributed by atoms with Gasteiger partial charge in [0.15, 0.2) is 0 Å². The van der Waals surface area contributed by atoms with E-state index < -0.39 is 23.3 Å². The van der Waals surface area contributed by atoms with Crippen LogP contribution in [0.25, 0.3) is 0 Å². The molecule has 0 bridgehead atoms. The minimum atomic E-state index is -1.45. The van der Waals surface area contributed by atoms with Crippen LogP contribution in [0.5, 0.6) is 0 Å². The third-order valence-electron chi connectivity index (χ3n) is 4.08. The number of hydrogen-bond donors (Lipinski definition) is 1. The van der Waals surface area contributed by atoms with Crippen LogP contribution < -0.4 is 5.32 Å². The number of rotatable bonds is 3. The predicted molar refractivity (Wildman–Crippen MR) is 84.0 cm³/mol. The highest BCUT2D eigenvalue weighted by Gasteiger charge is 2.50. The van der Waals surface area contributed by atoms with Crippen LogP contribution >= 0.6 is 0 Å². The maximum absolute atomic E-state index is 14.1. The van der Waals surface area contributed by atoms with E-state index in [4.69, 9.17) is 5.26 Å². The number of nitrogens with one attached hydrogen (secondary N) is 1. The summed E-state index contributed by atoms with van der Waals surface area (Å²) in [5.74, 6) is -1.08. The quantitative estimate of drug-likeness (QED) is 0.883. The first kappa shape index (κ1) is 15.7. The molecule has 2 aromatic carbocycles. The van der Waals surface area contributed by atoms with Gasteiger partial charge in [0, 0.05) is 5.56 Å². The van der Waals surface area contributed by atoms with Crippen molar-refractivity contribution in [2.75, 3.05) is 0 Å². The van der Waals surface area contributed by atoms with Crippen LogP contribution in [0, 0.1) is 17.1 Å². The summed E-state index contributed by atoms with van der Waals surface area (Å²) >= 11 is 0. The van der Waals surface area contributed by atoms with Crippen molar-refractivity contribution in [2.24, 2.45) is 0 Å². The van der Waals surface area contributed by atoms with Crippen molar-refractivity contribution in [3.8, 4) is 6.07 Å².